The van der Waals surface area contributed by atoms with Crippen LogP contribution in [0.3, 0.4) is 0 Å². The summed E-state index contributed by atoms with van der Waals surface area (Å²) in [5.41, 5.74) is 0.943. The lowest BCUT2D eigenvalue weighted by molar-refractivity contribution is -0.120. The average Bonchev–Trinajstić information content (AvgIpc) is 3.37. The second kappa shape index (κ2) is 9.08. The van der Waals surface area contributed by atoms with Crippen LogP contribution >= 0.6 is 34.8 Å². The number of carbonyl (C=O) groups is 3. The van der Waals surface area contributed by atoms with Crippen LogP contribution in [-0.4, -0.2) is 17.7 Å². The molecule has 2 N–H and O–H groups in total. The molecule has 1 aliphatic rings. The van der Waals surface area contributed by atoms with Gasteiger partial charge in [0.25, 0.3) is 17.7 Å². The van der Waals surface area contributed by atoms with Crippen molar-refractivity contribution in [3.63, 3.8) is 0 Å². The summed E-state index contributed by atoms with van der Waals surface area (Å²) >= 11 is 18.2. The predicted molar refractivity (Wildman–Crippen MR) is 122 cm³/mol. The highest BCUT2D eigenvalue weighted by atomic mass is 35.5. The van der Waals surface area contributed by atoms with Gasteiger partial charge in [-0.25, -0.2) is 4.90 Å². The maximum absolute atomic E-state index is 12.9. The van der Waals surface area contributed by atoms with Gasteiger partial charge in [0.1, 0.15) is 16.5 Å². The van der Waals surface area contributed by atoms with E-state index in [0.29, 0.717) is 22.0 Å². The highest BCUT2D eigenvalue weighted by Crippen LogP contribution is 2.35. The van der Waals surface area contributed by atoms with E-state index in [2.05, 4.69) is 10.6 Å². The Morgan fingerprint density at radius 1 is 0.969 bits per heavy atom. The standard InChI is InChI=1S/C22H14Cl3N3O4/c23-13-5-8-17(16(24)10-13)28-21(30)18(25)19(22(28)31)27-14-6-3-12(4-7-14)20(29)26-11-15-2-1-9-32-15/h1-10,27H,11H2,(H,26,29). The Morgan fingerprint density at radius 2 is 1.72 bits per heavy atom. The lowest BCUT2D eigenvalue weighted by Gasteiger charge is -2.16. The zero-order valence-electron chi connectivity index (χ0n) is 16.2. The van der Waals surface area contributed by atoms with Gasteiger partial charge in [-0.15, -0.1) is 0 Å². The second-order valence-electron chi connectivity index (χ2n) is 6.69. The van der Waals surface area contributed by atoms with Gasteiger partial charge in [0, 0.05) is 16.3 Å². The molecular weight excluding hydrogens is 477 g/mol. The molecule has 1 aliphatic heterocycles. The van der Waals surface area contributed by atoms with Crippen molar-refractivity contribution in [1.29, 1.82) is 0 Å². The Kier molecular flexibility index (Phi) is 6.23. The molecule has 32 heavy (non-hydrogen) atoms. The van der Waals surface area contributed by atoms with Crippen LogP contribution in [0.15, 0.2) is 76.0 Å². The van der Waals surface area contributed by atoms with Crippen molar-refractivity contribution >= 4 is 63.9 Å². The smallest absolute Gasteiger partial charge is 0.283 e. The first-order chi connectivity index (χ1) is 15.3. The summed E-state index contributed by atoms with van der Waals surface area (Å²) in [6.07, 6.45) is 1.53. The highest BCUT2D eigenvalue weighted by Gasteiger charge is 2.39. The molecule has 3 aromatic rings. The van der Waals surface area contributed by atoms with E-state index in [9.17, 15) is 14.4 Å². The van der Waals surface area contributed by atoms with Gasteiger partial charge < -0.3 is 15.1 Å². The molecule has 2 heterocycles. The lowest BCUT2D eigenvalue weighted by Crippen LogP contribution is -2.32. The summed E-state index contributed by atoms with van der Waals surface area (Å²) in [7, 11) is 0. The molecule has 0 aliphatic carbocycles. The maximum atomic E-state index is 12.9. The van der Waals surface area contributed by atoms with Crippen molar-refractivity contribution in [3.05, 3.63) is 93.0 Å². The minimum Gasteiger partial charge on any atom is -0.467 e. The molecule has 0 unspecified atom stereocenters. The molecule has 0 bridgehead atoms. The molecule has 2 aromatic carbocycles. The molecule has 0 saturated carbocycles. The molecule has 0 spiro atoms. The number of anilines is 2. The lowest BCUT2D eigenvalue weighted by atomic mass is 10.2. The van der Waals surface area contributed by atoms with Gasteiger partial charge >= 0.3 is 0 Å². The Balaban J connectivity index is 1.47. The first kappa shape index (κ1) is 22.0. The van der Waals surface area contributed by atoms with E-state index in [1.165, 1.54) is 24.5 Å². The molecule has 3 amide bonds. The largest absolute Gasteiger partial charge is 0.467 e. The molecule has 0 fully saturated rings. The molecular formula is C22H14Cl3N3O4. The number of rotatable bonds is 6. The van der Waals surface area contributed by atoms with E-state index in [4.69, 9.17) is 39.2 Å². The van der Waals surface area contributed by atoms with E-state index < -0.39 is 11.8 Å². The van der Waals surface area contributed by atoms with Crippen LogP contribution < -0.4 is 15.5 Å². The zero-order valence-corrected chi connectivity index (χ0v) is 18.5. The van der Waals surface area contributed by atoms with Gasteiger partial charge in [0.2, 0.25) is 0 Å². The van der Waals surface area contributed by atoms with E-state index in [-0.39, 0.29) is 33.9 Å². The number of benzene rings is 2. The predicted octanol–water partition coefficient (Wildman–Crippen LogP) is 4.95. The molecule has 10 heteroatoms. The fourth-order valence-electron chi connectivity index (χ4n) is 3.02. The molecule has 162 valence electrons. The number of nitrogens with one attached hydrogen (secondary N) is 2. The number of carbonyl (C=O) groups excluding carboxylic acids is 3. The minimum absolute atomic E-state index is 0.0993. The molecule has 4 rings (SSSR count). The van der Waals surface area contributed by atoms with Gasteiger partial charge in [-0.3, -0.25) is 14.4 Å². The highest BCUT2D eigenvalue weighted by molar-refractivity contribution is 6.53. The van der Waals surface area contributed by atoms with Gasteiger partial charge in [-0.1, -0.05) is 34.8 Å². The summed E-state index contributed by atoms with van der Waals surface area (Å²) in [6, 6.07) is 14.2. The minimum atomic E-state index is -0.711. The Bertz CT molecular complexity index is 1240. The number of nitrogens with zero attached hydrogens (tertiary/aromatic N) is 1. The van der Waals surface area contributed by atoms with Crippen LogP contribution in [0.4, 0.5) is 11.4 Å². The monoisotopic (exact) mass is 489 g/mol. The summed E-state index contributed by atoms with van der Waals surface area (Å²) in [5, 5.41) is 5.80. The molecule has 1 aromatic heterocycles. The quantitative estimate of drug-likeness (QED) is 0.477. The number of halogens is 3. The third-order valence-electron chi connectivity index (χ3n) is 4.60. The van der Waals surface area contributed by atoms with E-state index >= 15 is 0 Å². The van der Waals surface area contributed by atoms with E-state index in [1.807, 2.05) is 0 Å². The number of furan rings is 1. The van der Waals surface area contributed by atoms with E-state index in [1.54, 1.807) is 36.4 Å². The Hall–Kier alpha value is -3.26. The van der Waals surface area contributed by atoms with Crippen LogP contribution in [0.25, 0.3) is 0 Å². The summed E-state index contributed by atoms with van der Waals surface area (Å²) < 4.78 is 5.18. The van der Waals surface area contributed by atoms with Gasteiger partial charge in [0.15, 0.2) is 0 Å². The van der Waals surface area contributed by atoms with Crippen LogP contribution in [0, 0.1) is 0 Å². The van der Waals surface area contributed by atoms with Gasteiger partial charge in [-0.2, -0.15) is 0 Å². The van der Waals surface area contributed by atoms with Crippen molar-refractivity contribution < 1.29 is 18.8 Å². The maximum Gasteiger partial charge on any atom is 0.283 e. The number of hydrogen-bond donors (Lipinski definition) is 2. The topological polar surface area (TPSA) is 91.7 Å². The van der Waals surface area contributed by atoms with Crippen LogP contribution in [0.2, 0.25) is 10.0 Å². The average molecular weight is 491 g/mol. The van der Waals surface area contributed by atoms with Crippen LogP contribution in [-0.2, 0) is 16.1 Å². The zero-order chi connectivity index (χ0) is 22.8. The molecule has 0 radical (unpaired) electrons. The number of hydrogen-bond acceptors (Lipinski definition) is 5. The van der Waals surface area contributed by atoms with Crippen molar-refractivity contribution in [2.24, 2.45) is 0 Å². The van der Waals surface area contributed by atoms with E-state index in [0.717, 1.165) is 4.90 Å². The van der Waals surface area contributed by atoms with Crippen molar-refractivity contribution in [2.75, 3.05) is 10.2 Å². The third kappa shape index (κ3) is 4.36. The SMILES string of the molecule is O=C(NCc1ccco1)c1ccc(NC2=C(Cl)C(=O)N(c3ccc(Cl)cc3Cl)C2=O)cc1. The number of amides is 3. The fourth-order valence-corrected chi connectivity index (χ4v) is 3.73. The summed E-state index contributed by atoms with van der Waals surface area (Å²) in [6.45, 7) is 0.258. The van der Waals surface area contributed by atoms with Gasteiger partial charge in [-0.05, 0) is 54.6 Å². The van der Waals surface area contributed by atoms with Crippen molar-refractivity contribution in [3.8, 4) is 0 Å². The van der Waals surface area contributed by atoms with Gasteiger partial charge in [0.05, 0.1) is 23.5 Å². The second-order valence-corrected chi connectivity index (χ2v) is 7.92. The van der Waals surface area contributed by atoms with Crippen LogP contribution in [0.5, 0.6) is 0 Å². The summed E-state index contributed by atoms with van der Waals surface area (Å²) in [4.78, 5) is 38.6. The normalized spacial score (nSPS) is 13.7. The molecule has 0 saturated heterocycles. The first-order valence-electron chi connectivity index (χ1n) is 9.26. The fraction of sp³-hybridized carbons (Fsp3) is 0.0455. The third-order valence-corrected chi connectivity index (χ3v) is 5.49. The first-order valence-corrected chi connectivity index (χ1v) is 10.4. The molecule has 7 nitrogen and oxygen atoms in total. The Morgan fingerprint density at radius 3 is 2.38 bits per heavy atom. The Labute approximate surface area is 197 Å². The molecule has 0 atom stereocenters. The van der Waals surface area contributed by atoms with Crippen molar-refractivity contribution in [2.45, 2.75) is 6.54 Å². The summed E-state index contributed by atoms with van der Waals surface area (Å²) in [5.74, 6) is -1.03. The van der Waals surface area contributed by atoms with Crippen molar-refractivity contribution in [1.82, 2.24) is 5.32 Å². The van der Waals surface area contributed by atoms with Crippen LogP contribution in [0.1, 0.15) is 16.1 Å². The number of imide groups is 1.